The molecule has 7 nitrogen and oxygen atoms in total. The van der Waals surface area contributed by atoms with E-state index in [1.54, 1.807) is 36.2 Å². The lowest BCUT2D eigenvalue weighted by Crippen LogP contribution is -2.30. The van der Waals surface area contributed by atoms with Crippen molar-refractivity contribution in [3.8, 4) is 17.6 Å². The van der Waals surface area contributed by atoms with E-state index in [4.69, 9.17) is 9.84 Å². The number of carboxylic acid groups (broad SMARTS) is 1. The number of ether oxygens (including phenoxy) is 1. The van der Waals surface area contributed by atoms with Crippen LogP contribution in [-0.4, -0.2) is 45.1 Å². The van der Waals surface area contributed by atoms with Crippen LogP contribution in [0, 0.1) is 11.8 Å². The minimum Gasteiger partial charge on any atom is -0.472 e. The number of hydrogen-bond donors (Lipinski definition) is 1. The van der Waals surface area contributed by atoms with E-state index in [0.717, 1.165) is 0 Å². The Kier molecular flexibility index (Phi) is 4.18. The Morgan fingerprint density at radius 2 is 2.10 bits per heavy atom. The summed E-state index contributed by atoms with van der Waals surface area (Å²) in [5.41, 5.74) is 2.51. The zero-order valence-electron chi connectivity index (χ0n) is 16.2. The first-order valence-electron chi connectivity index (χ1n) is 9.47. The second kappa shape index (κ2) is 6.80. The molecule has 0 spiro atoms. The number of aliphatic carboxylic acids is 1. The van der Waals surface area contributed by atoms with Crippen molar-refractivity contribution in [3.05, 3.63) is 58.9 Å². The topological polar surface area (TPSA) is 84.7 Å². The second-order valence-corrected chi connectivity index (χ2v) is 7.38. The number of hydrogen-bond acceptors (Lipinski definition) is 4. The van der Waals surface area contributed by atoms with Gasteiger partial charge >= 0.3 is 12.6 Å². The molecule has 0 fully saturated rings. The minimum atomic E-state index is -3.03. The van der Waals surface area contributed by atoms with Gasteiger partial charge in [-0.2, -0.15) is 8.78 Å². The van der Waals surface area contributed by atoms with Gasteiger partial charge in [-0.15, -0.1) is 0 Å². The number of amides is 1. The summed E-state index contributed by atoms with van der Waals surface area (Å²) in [7, 11) is 1.67. The molecule has 2 bridgehead atoms. The van der Waals surface area contributed by atoms with Crippen LogP contribution in [0.2, 0.25) is 0 Å². The summed E-state index contributed by atoms with van der Waals surface area (Å²) in [5, 5.41) is 8.82. The third kappa shape index (κ3) is 2.91. The third-order valence-electron chi connectivity index (χ3n) is 5.72. The fourth-order valence-corrected chi connectivity index (χ4v) is 4.48. The van der Waals surface area contributed by atoms with Gasteiger partial charge in [0.05, 0.1) is 23.1 Å². The van der Waals surface area contributed by atoms with Gasteiger partial charge in [-0.25, -0.2) is 9.78 Å². The standard InChI is InChI=1S/C22H15F2N3O4/c1-26-16-10-15(19-12(21(26)30)3-2-4-17(19)31-22(23)24)27-14-9-11(6-8-18(28)29)5-7-13(14)25-20(16)27/h2-5,7,9,15-16,22H,10H2,1H3,(H,28,29)/t15-,16?/m1/s1. The quantitative estimate of drug-likeness (QED) is 0.640. The van der Waals surface area contributed by atoms with E-state index in [2.05, 4.69) is 16.8 Å². The van der Waals surface area contributed by atoms with Gasteiger partial charge in [-0.3, -0.25) is 4.79 Å². The van der Waals surface area contributed by atoms with Crippen LogP contribution in [0.3, 0.4) is 0 Å². The molecule has 1 amide bonds. The van der Waals surface area contributed by atoms with Crippen LogP contribution >= 0.6 is 0 Å². The number of carbonyl (C=O) groups excluding carboxylic acids is 1. The Balaban J connectivity index is 1.76. The largest absolute Gasteiger partial charge is 0.472 e. The average Bonchev–Trinajstić information content (AvgIpc) is 3.24. The lowest BCUT2D eigenvalue weighted by molar-refractivity contribution is -0.130. The molecule has 0 radical (unpaired) electrons. The normalized spacial score (nSPS) is 19.0. The summed E-state index contributed by atoms with van der Waals surface area (Å²) in [5.74, 6) is 3.73. The van der Waals surface area contributed by atoms with Crippen molar-refractivity contribution in [3.63, 3.8) is 0 Å². The van der Waals surface area contributed by atoms with Gasteiger partial charge < -0.3 is 19.3 Å². The molecule has 0 aliphatic carbocycles. The molecule has 9 heteroatoms. The van der Waals surface area contributed by atoms with Crippen molar-refractivity contribution in [1.82, 2.24) is 14.5 Å². The molecule has 1 unspecified atom stereocenters. The van der Waals surface area contributed by atoms with E-state index >= 15 is 0 Å². The lowest BCUT2D eigenvalue weighted by atomic mass is 9.97. The van der Waals surface area contributed by atoms with E-state index in [1.165, 1.54) is 12.1 Å². The molecule has 31 heavy (non-hydrogen) atoms. The first-order chi connectivity index (χ1) is 14.8. The lowest BCUT2D eigenvalue weighted by Gasteiger charge is -2.24. The second-order valence-electron chi connectivity index (χ2n) is 7.38. The summed E-state index contributed by atoms with van der Waals surface area (Å²) in [6, 6.07) is 8.87. The first-order valence-corrected chi connectivity index (χ1v) is 9.47. The number of alkyl halides is 2. The Morgan fingerprint density at radius 1 is 1.29 bits per heavy atom. The molecule has 156 valence electrons. The molecule has 2 atom stereocenters. The Labute approximate surface area is 174 Å². The van der Waals surface area contributed by atoms with Crippen molar-refractivity contribution < 1.29 is 28.2 Å². The van der Waals surface area contributed by atoms with Gasteiger partial charge in [0.15, 0.2) is 0 Å². The Hall–Kier alpha value is -3.93. The zero-order valence-corrected chi connectivity index (χ0v) is 16.2. The highest BCUT2D eigenvalue weighted by Crippen LogP contribution is 2.49. The smallest absolute Gasteiger partial charge is 0.387 e. The molecular formula is C22H15F2N3O4. The highest BCUT2D eigenvalue weighted by Gasteiger charge is 2.44. The maximum absolute atomic E-state index is 13.1. The van der Waals surface area contributed by atoms with Gasteiger partial charge in [-0.05, 0) is 30.3 Å². The number of aromatic nitrogens is 2. The number of imidazole rings is 1. The van der Waals surface area contributed by atoms with Crippen LogP contribution in [0.15, 0.2) is 36.4 Å². The fraction of sp³-hybridized carbons (Fsp3) is 0.227. The molecule has 2 aliphatic rings. The molecule has 1 N–H and O–H groups in total. The predicted octanol–water partition coefficient (Wildman–Crippen LogP) is 3.19. The molecule has 3 aromatic rings. The van der Waals surface area contributed by atoms with E-state index < -0.39 is 18.6 Å². The SMILES string of the molecule is CN1C(=O)c2cccc(OC(F)F)c2[C@H]2CC1c1nc3ccc(C#CC(=O)O)cc3n12. The van der Waals surface area contributed by atoms with E-state index in [-0.39, 0.29) is 17.7 Å². The first kappa shape index (κ1) is 19.1. The molecular weight excluding hydrogens is 408 g/mol. The van der Waals surface area contributed by atoms with E-state index in [1.807, 2.05) is 4.57 Å². The minimum absolute atomic E-state index is 0.0450. The monoisotopic (exact) mass is 423 g/mol. The van der Waals surface area contributed by atoms with Crippen molar-refractivity contribution in [2.75, 3.05) is 7.05 Å². The summed E-state index contributed by atoms with van der Waals surface area (Å²) in [6.45, 7) is -3.03. The van der Waals surface area contributed by atoms with Crippen LogP contribution in [0.5, 0.6) is 5.75 Å². The number of rotatable bonds is 2. The number of halogens is 2. The number of carbonyl (C=O) groups is 2. The molecule has 2 aromatic carbocycles. The molecule has 0 saturated heterocycles. The van der Waals surface area contributed by atoms with Crippen molar-refractivity contribution in [1.29, 1.82) is 0 Å². The summed E-state index contributed by atoms with van der Waals surface area (Å²) >= 11 is 0. The Morgan fingerprint density at radius 3 is 2.84 bits per heavy atom. The number of nitrogens with zero attached hydrogens (tertiary/aromatic N) is 3. The van der Waals surface area contributed by atoms with Crippen LogP contribution in [0.1, 0.15) is 45.8 Å². The van der Waals surface area contributed by atoms with Crippen LogP contribution in [0.4, 0.5) is 8.78 Å². The van der Waals surface area contributed by atoms with E-state index in [9.17, 15) is 18.4 Å². The third-order valence-corrected chi connectivity index (χ3v) is 5.72. The number of fused-ring (bicyclic) bond motifs is 9. The molecule has 1 aromatic heterocycles. The number of benzene rings is 2. The van der Waals surface area contributed by atoms with Gasteiger partial charge in [0, 0.05) is 36.1 Å². The molecule has 5 rings (SSSR count). The highest BCUT2D eigenvalue weighted by atomic mass is 19.3. The summed E-state index contributed by atoms with van der Waals surface area (Å²) < 4.78 is 32.9. The maximum Gasteiger partial charge on any atom is 0.387 e. The van der Waals surface area contributed by atoms with Gasteiger partial charge in [0.1, 0.15) is 11.6 Å². The van der Waals surface area contributed by atoms with Crippen LogP contribution in [-0.2, 0) is 4.79 Å². The number of carboxylic acids is 1. The van der Waals surface area contributed by atoms with Crippen molar-refractivity contribution in [2.24, 2.45) is 0 Å². The van der Waals surface area contributed by atoms with Crippen molar-refractivity contribution >= 4 is 22.9 Å². The van der Waals surface area contributed by atoms with Crippen molar-refractivity contribution in [2.45, 2.75) is 25.1 Å². The van der Waals surface area contributed by atoms with Gasteiger partial charge in [0.25, 0.3) is 5.91 Å². The molecule has 0 saturated carbocycles. The average molecular weight is 423 g/mol. The van der Waals surface area contributed by atoms with Crippen LogP contribution < -0.4 is 4.74 Å². The molecule has 2 aliphatic heterocycles. The Bertz CT molecular complexity index is 1320. The van der Waals surface area contributed by atoms with E-state index in [0.29, 0.717) is 40.0 Å². The maximum atomic E-state index is 13.1. The predicted molar refractivity (Wildman–Crippen MR) is 105 cm³/mol. The van der Waals surface area contributed by atoms with Gasteiger partial charge in [0.2, 0.25) is 0 Å². The van der Waals surface area contributed by atoms with Gasteiger partial charge in [-0.1, -0.05) is 12.0 Å². The summed E-state index contributed by atoms with van der Waals surface area (Å²) in [6.07, 6.45) is 0.460. The fourth-order valence-electron chi connectivity index (χ4n) is 4.48. The molecule has 3 heterocycles. The van der Waals surface area contributed by atoms with Crippen LogP contribution in [0.25, 0.3) is 11.0 Å². The summed E-state index contributed by atoms with van der Waals surface area (Å²) in [4.78, 5) is 30.1. The zero-order chi connectivity index (χ0) is 21.9. The highest BCUT2D eigenvalue weighted by molar-refractivity contribution is 5.98.